The smallest absolute Gasteiger partial charge is 0.312 e. The van der Waals surface area contributed by atoms with Gasteiger partial charge in [0.2, 0.25) is 0 Å². The number of ether oxygens (including phenoxy) is 1. The van der Waals surface area contributed by atoms with E-state index in [1.54, 1.807) is 24.3 Å². The highest BCUT2D eigenvalue weighted by molar-refractivity contribution is 7.08. The molecule has 0 aliphatic rings. The maximum absolute atomic E-state index is 11.0. The Morgan fingerprint density at radius 3 is 3.20 bits per heavy atom. The van der Waals surface area contributed by atoms with Gasteiger partial charge in [-0.15, -0.1) is 0 Å². The highest BCUT2D eigenvalue weighted by Gasteiger charge is 2.10. The molecule has 2 heterocycles. The van der Waals surface area contributed by atoms with Gasteiger partial charge in [0.05, 0.1) is 6.07 Å². The molecule has 0 fully saturated rings. The van der Waals surface area contributed by atoms with Crippen molar-refractivity contribution >= 4 is 17.3 Å². The minimum absolute atomic E-state index is 0.211. The second-order valence-corrected chi connectivity index (χ2v) is 3.65. The Morgan fingerprint density at radius 2 is 2.53 bits per heavy atom. The van der Waals surface area contributed by atoms with Crippen LogP contribution in [0.1, 0.15) is 13.3 Å². The Kier molecular flexibility index (Phi) is 2.82. The second kappa shape index (κ2) is 4.27. The number of rotatable bonds is 3. The monoisotopic (exact) mass is 223 g/mol. The van der Waals surface area contributed by atoms with Crippen LogP contribution in [0.25, 0.3) is 11.3 Å². The number of aromatic nitrogens is 1. The lowest BCUT2D eigenvalue weighted by atomic mass is 10.3. The molecule has 0 amide bonds. The van der Waals surface area contributed by atoms with E-state index in [1.807, 2.05) is 16.8 Å². The van der Waals surface area contributed by atoms with Crippen molar-refractivity contribution in [3.8, 4) is 17.2 Å². The maximum atomic E-state index is 11.0. The summed E-state index contributed by atoms with van der Waals surface area (Å²) >= 11 is 1.57. The third-order valence-electron chi connectivity index (χ3n) is 1.80. The third kappa shape index (κ3) is 2.24. The Labute approximate surface area is 90.5 Å². The molecule has 78 valence electrons. The summed E-state index contributed by atoms with van der Waals surface area (Å²) in [6.07, 6.45) is 0.320. The molecule has 0 radical (unpaired) electrons. The average molecular weight is 223 g/mol. The van der Waals surface area contributed by atoms with Crippen molar-refractivity contribution in [3.05, 3.63) is 22.9 Å². The van der Waals surface area contributed by atoms with Crippen LogP contribution < -0.4 is 4.74 Å². The highest BCUT2D eigenvalue weighted by Crippen LogP contribution is 2.25. The van der Waals surface area contributed by atoms with E-state index < -0.39 is 0 Å². The Hall–Kier alpha value is -1.62. The second-order valence-electron chi connectivity index (χ2n) is 2.87. The largest absolute Gasteiger partial charge is 0.404 e. The van der Waals surface area contributed by atoms with Gasteiger partial charge in [-0.05, 0) is 16.6 Å². The van der Waals surface area contributed by atoms with Gasteiger partial charge in [-0.3, -0.25) is 4.79 Å². The Balaban J connectivity index is 2.14. The minimum atomic E-state index is -0.319. The summed E-state index contributed by atoms with van der Waals surface area (Å²) in [5.74, 6) is 0.498. The van der Waals surface area contributed by atoms with Crippen molar-refractivity contribution < 1.29 is 14.1 Å². The van der Waals surface area contributed by atoms with E-state index in [2.05, 4.69) is 5.16 Å². The Bertz CT molecular complexity index is 447. The van der Waals surface area contributed by atoms with Crippen molar-refractivity contribution in [1.82, 2.24) is 5.16 Å². The van der Waals surface area contributed by atoms with Crippen molar-refractivity contribution in [2.75, 3.05) is 0 Å². The van der Waals surface area contributed by atoms with Crippen LogP contribution in [0.5, 0.6) is 5.88 Å². The summed E-state index contributed by atoms with van der Waals surface area (Å²) in [6, 6.07) is 3.52. The van der Waals surface area contributed by atoms with Gasteiger partial charge in [-0.1, -0.05) is 6.92 Å². The number of hydrogen-bond acceptors (Lipinski definition) is 5. The molecular weight excluding hydrogens is 214 g/mol. The lowest BCUT2D eigenvalue weighted by Crippen LogP contribution is -2.05. The quantitative estimate of drug-likeness (QED) is 0.751. The molecule has 15 heavy (non-hydrogen) atoms. The number of thiophene rings is 1. The number of esters is 1. The van der Waals surface area contributed by atoms with Gasteiger partial charge in [0, 0.05) is 17.4 Å². The molecule has 0 unspecified atom stereocenters. The zero-order valence-electron chi connectivity index (χ0n) is 8.10. The number of hydrogen-bond donors (Lipinski definition) is 0. The molecule has 0 spiro atoms. The van der Waals surface area contributed by atoms with E-state index in [0.717, 1.165) is 5.56 Å². The summed E-state index contributed by atoms with van der Waals surface area (Å²) < 4.78 is 9.94. The summed E-state index contributed by atoms with van der Waals surface area (Å²) in [5.41, 5.74) is 0.936. The molecule has 5 heteroatoms. The van der Waals surface area contributed by atoms with Crippen LogP contribution in [-0.2, 0) is 4.79 Å². The molecular formula is C10H9NO3S. The first kappa shape index (κ1) is 9.92. The topological polar surface area (TPSA) is 52.3 Å². The van der Waals surface area contributed by atoms with Crippen LogP contribution in [0, 0.1) is 0 Å². The molecule has 0 aromatic carbocycles. The molecule has 0 aliphatic heterocycles. The fourth-order valence-corrected chi connectivity index (χ4v) is 1.68. The molecule has 0 atom stereocenters. The van der Waals surface area contributed by atoms with Crippen LogP contribution in [0.15, 0.2) is 27.4 Å². The molecule has 4 nitrogen and oxygen atoms in total. The minimum Gasteiger partial charge on any atom is -0.404 e. The van der Waals surface area contributed by atoms with Gasteiger partial charge in [-0.25, -0.2) is 0 Å². The molecule has 0 bridgehead atoms. The molecule has 2 aromatic heterocycles. The summed E-state index contributed by atoms with van der Waals surface area (Å²) in [5, 5.41) is 7.52. The van der Waals surface area contributed by atoms with Crippen LogP contribution in [0.2, 0.25) is 0 Å². The van der Waals surface area contributed by atoms with Crippen molar-refractivity contribution in [1.29, 1.82) is 0 Å². The molecule has 2 rings (SSSR count). The molecule has 2 aromatic rings. The molecule has 0 saturated carbocycles. The maximum Gasteiger partial charge on any atom is 0.312 e. The summed E-state index contributed by atoms with van der Waals surface area (Å²) in [4.78, 5) is 11.0. The van der Waals surface area contributed by atoms with Crippen LogP contribution in [0.3, 0.4) is 0 Å². The first-order chi connectivity index (χ1) is 7.29. The molecule has 0 N–H and O–H groups in total. The normalized spacial score (nSPS) is 10.2. The highest BCUT2D eigenvalue weighted by atomic mass is 32.1. The SMILES string of the molecule is CCC(=O)Oc1cc(-c2ccsc2)on1. The summed E-state index contributed by atoms with van der Waals surface area (Å²) in [6.45, 7) is 1.72. The summed E-state index contributed by atoms with van der Waals surface area (Å²) in [7, 11) is 0. The first-order valence-electron chi connectivity index (χ1n) is 4.49. The predicted octanol–water partition coefficient (Wildman–Crippen LogP) is 2.72. The molecule has 0 saturated heterocycles. The van der Waals surface area contributed by atoms with Crippen molar-refractivity contribution in [2.24, 2.45) is 0 Å². The zero-order chi connectivity index (χ0) is 10.7. The van der Waals surface area contributed by atoms with E-state index in [4.69, 9.17) is 9.26 Å². The van der Waals surface area contributed by atoms with E-state index in [-0.39, 0.29) is 11.8 Å². The van der Waals surface area contributed by atoms with Gasteiger partial charge >= 0.3 is 5.97 Å². The third-order valence-corrected chi connectivity index (χ3v) is 2.48. The van der Waals surface area contributed by atoms with Crippen LogP contribution in [-0.4, -0.2) is 11.1 Å². The van der Waals surface area contributed by atoms with E-state index in [1.165, 1.54) is 0 Å². The lowest BCUT2D eigenvalue weighted by Gasteiger charge is -1.93. The van der Waals surface area contributed by atoms with Gasteiger partial charge < -0.3 is 9.26 Å². The van der Waals surface area contributed by atoms with Gasteiger partial charge in [0.1, 0.15) is 0 Å². The van der Waals surface area contributed by atoms with Crippen LogP contribution >= 0.6 is 11.3 Å². The number of nitrogens with zero attached hydrogens (tertiary/aromatic N) is 1. The number of carbonyl (C=O) groups excluding carboxylic acids is 1. The average Bonchev–Trinajstić information content (AvgIpc) is 2.85. The van der Waals surface area contributed by atoms with Crippen molar-refractivity contribution in [2.45, 2.75) is 13.3 Å². The first-order valence-corrected chi connectivity index (χ1v) is 5.44. The standard InChI is InChI=1S/C10H9NO3S/c1-2-10(12)13-9-5-8(14-11-9)7-3-4-15-6-7/h3-6H,2H2,1H3. The van der Waals surface area contributed by atoms with Crippen LogP contribution in [0.4, 0.5) is 0 Å². The van der Waals surface area contributed by atoms with E-state index in [0.29, 0.717) is 12.2 Å². The van der Waals surface area contributed by atoms with E-state index >= 15 is 0 Å². The predicted molar refractivity (Wildman–Crippen MR) is 55.7 cm³/mol. The van der Waals surface area contributed by atoms with E-state index in [9.17, 15) is 4.79 Å². The van der Waals surface area contributed by atoms with Gasteiger partial charge in [0.15, 0.2) is 5.76 Å². The number of carbonyl (C=O) groups is 1. The van der Waals surface area contributed by atoms with Crippen molar-refractivity contribution in [3.63, 3.8) is 0 Å². The zero-order valence-corrected chi connectivity index (χ0v) is 8.91. The molecule has 0 aliphatic carbocycles. The fourth-order valence-electron chi connectivity index (χ4n) is 1.04. The van der Waals surface area contributed by atoms with Gasteiger partial charge in [0.25, 0.3) is 5.88 Å². The van der Waals surface area contributed by atoms with Gasteiger partial charge in [-0.2, -0.15) is 11.3 Å². The fraction of sp³-hybridized carbons (Fsp3) is 0.200. The Morgan fingerprint density at radius 1 is 1.67 bits per heavy atom. The lowest BCUT2D eigenvalue weighted by molar-refractivity contribution is -0.134.